The molecule has 1 fully saturated rings. The lowest BCUT2D eigenvalue weighted by Gasteiger charge is -2.22. The van der Waals surface area contributed by atoms with Gasteiger partial charge in [0, 0.05) is 26.2 Å². The Hall–Kier alpha value is -1.30. The number of hydrogen-bond acceptors (Lipinski definition) is 4. The summed E-state index contributed by atoms with van der Waals surface area (Å²) in [4.78, 5) is 12.3. The zero-order valence-corrected chi connectivity index (χ0v) is 12.8. The Kier molecular flexibility index (Phi) is 6.29. The van der Waals surface area contributed by atoms with Crippen molar-refractivity contribution in [3.63, 3.8) is 0 Å². The molecule has 0 bridgehead atoms. The van der Waals surface area contributed by atoms with Gasteiger partial charge in [-0.1, -0.05) is 17.7 Å². The molecule has 21 heavy (non-hydrogen) atoms. The molecule has 116 valence electrons. The third-order valence-electron chi connectivity index (χ3n) is 3.35. The number of hydrogen-bond donors (Lipinski definition) is 1. The van der Waals surface area contributed by atoms with E-state index in [1.165, 1.54) is 0 Å². The Balaban J connectivity index is 2.04. The average Bonchev–Trinajstić information content (AvgIpc) is 2.51. The number of benzene rings is 1. The molecule has 1 aliphatic heterocycles. The van der Waals surface area contributed by atoms with E-state index in [1.54, 1.807) is 25.3 Å². The molecule has 0 saturated carbocycles. The van der Waals surface area contributed by atoms with Gasteiger partial charge in [0.1, 0.15) is 6.61 Å². The van der Waals surface area contributed by atoms with Crippen molar-refractivity contribution in [2.24, 2.45) is 5.92 Å². The van der Waals surface area contributed by atoms with Crippen LogP contribution < -0.4 is 10.1 Å². The molecule has 0 unspecified atom stereocenters. The summed E-state index contributed by atoms with van der Waals surface area (Å²) in [6.07, 6.45) is 1.48. The third-order valence-corrected chi connectivity index (χ3v) is 3.65. The fourth-order valence-electron chi connectivity index (χ4n) is 2.18. The monoisotopic (exact) mass is 313 g/mol. The molecule has 0 radical (unpaired) electrons. The van der Waals surface area contributed by atoms with Crippen LogP contribution >= 0.6 is 11.6 Å². The minimum atomic E-state index is -0.0236. The van der Waals surface area contributed by atoms with Crippen LogP contribution in [0.25, 0.3) is 0 Å². The average molecular weight is 314 g/mol. The number of amides is 1. The van der Waals surface area contributed by atoms with E-state index in [0.29, 0.717) is 42.9 Å². The van der Waals surface area contributed by atoms with Crippen LogP contribution in [0.2, 0.25) is 5.02 Å². The number of rotatable bonds is 6. The van der Waals surface area contributed by atoms with Crippen LogP contribution in [0, 0.1) is 5.92 Å². The second kappa shape index (κ2) is 8.22. The number of carbonyl (C=O) groups is 1. The van der Waals surface area contributed by atoms with Crippen molar-refractivity contribution in [1.82, 2.24) is 0 Å². The predicted octanol–water partition coefficient (Wildman–Crippen LogP) is 2.73. The molecule has 0 spiro atoms. The van der Waals surface area contributed by atoms with E-state index in [9.17, 15) is 4.79 Å². The number of halogens is 1. The number of methoxy groups -OCH3 is 1. The molecule has 1 aromatic rings. The minimum absolute atomic E-state index is 0.0165. The Morgan fingerprint density at radius 1 is 1.38 bits per heavy atom. The van der Waals surface area contributed by atoms with Gasteiger partial charge in [0.05, 0.1) is 17.3 Å². The van der Waals surface area contributed by atoms with Crippen LogP contribution in [-0.4, -0.2) is 39.4 Å². The molecule has 0 aliphatic carbocycles. The molecule has 1 aliphatic rings. The summed E-state index contributed by atoms with van der Waals surface area (Å²) in [5, 5.41) is 3.37. The van der Waals surface area contributed by atoms with Gasteiger partial charge in [0.2, 0.25) is 5.91 Å². The van der Waals surface area contributed by atoms with Crippen molar-refractivity contribution < 1.29 is 19.0 Å². The lowest BCUT2D eigenvalue weighted by molar-refractivity contribution is -0.122. The van der Waals surface area contributed by atoms with E-state index in [4.69, 9.17) is 25.8 Å². The van der Waals surface area contributed by atoms with Crippen LogP contribution in [0.1, 0.15) is 12.8 Å². The van der Waals surface area contributed by atoms with Crippen molar-refractivity contribution in [1.29, 1.82) is 0 Å². The second-order valence-corrected chi connectivity index (χ2v) is 5.24. The lowest BCUT2D eigenvalue weighted by atomic mass is 9.99. The molecular formula is C15H20ClNO4. The van der Waals surface area contributed by atoms with E-state index in [2.05, 4.69) is 5.32 Å². The number of ether oxygens (including phenoxy) is 3. The van der Waals surface area contributed by atoms with Gasteiger partial charge >= 0.3 is 0 Å². The maximum absolute atomic E-state index is 12.3. The molecule has 2 rings (SSSR count). The third kappa shape index (κ3) is 4.59. The molecule has 1 saturated heterocycles. The molecule has 1 amide bonds. The van der Waals surface area contributed by atoms with Crippen molar-refractivity contribution in [3.8, 4) is 5.75 Å². The van der Waals surface area contributed by atoms with E-state index < -0.39 is 0 Å². The van der Waals surface area contributed by atoms with Crippen molar-refractivity contribution in [2.75, 3.05) is 38.9 Å². The topological polar surface area (TPSA) is 56.8 Å². The molecule has 6 heteroatoms. The Morgan fingerprint density at radius 3 is 2.86 bits per heavy atom. The molecule has 0 aromatic heterocycles. The van der Waals surface area contributed by atoms with E-state index in [-0.39, 0.29) is 11.8 Å². The van der Waals surface area contributed by atoms with Crippen molar-refractivity contribution >= 4 is 23.2 Å². The first-order valence-corrected chi connectivity index (χ1v) is 7.39. The lowest BCUT2D eigenvalue weighted by Crippen LogP contribution is -2.28. The van der Waals surface area contributed by atoms with Gasteiger partial charge in [-0.05, 0) is 25.0 Å². The highest BCUT2D eigenvalue weighted by Gasteiger charge is 2.22. The molecule has 0 atom stereocenters. The largest absolute Gasteiger partial charge is 0.487 e. The normalized spacial score (nSPS) is 15.7. The SMILES string of the molecule is COCCOc1c(Cl)cccc1NC(=O)C1CCOCC1. The van der Waals surface area contributed by atoms with Gasteiger partial charge in [-0.15, -0.1) is 0 Å². The van der Waals surface area contributed by atoms with Gasteiger partial charge in [0.15, 0.2) is 5.75 Å². The molecule has 5 nitrogen and oxygen atoms in total. The van der Waals surface area contributed by atoms with Crippen LogP contribution in [-0.2, 0) is 14.3 Å². The number of anilines is 1. The fourth-order valence-corrected chi connectivity index (χ4v) is 2.40. The Bertz CT molecular complexity index is 475. The Labute approximate surface area is 129 Å². The predicted molar refractivity (Wildman–Crippen MR) is 81.0 cm³/mol. The second-order valence-electron chi connectivity index (χ2n) is 4.83. The van der Waals surface area contributed by atoms with Gasteiger partial charge in [-0.25, -0.2) is 0 Å². The van der Waals surface area contributed by atoms with Crippen LogP contribution in [0.15, 0.2) is 18.2 Å². The molecule has 1 N–H and O–H groups in total. The first-order chi connectivity index (χ1) is 10.2. The molecular weight excluding hydrogens is 294 g/mol. The van der Waals surface area contributed by atoms with Gasteiger partial charge in [-0.3, -0.25) is 4.79 Å². The summed E-state index contributed by atoms with van der Waals surface area (Å²) >= 11 is 6.14. The zero-order valence-electron chi connectivity index (χ0n) is 12.1. The summed E-state index contributed by atoms with van der Waals surface area (Å²) < 4.78 is 15.8. The minimum Gasteiger partial charge on any atom is -0.487 e. The van der Waals surface area contributed by atoms with Gasteiger partial charge in [0.25, 0.3) is 0 Å². The summed E-state index contributed by atoms with van der Waals surface area (Å²) in [5.74, 6) is 0.443. The van der Waals surface area contributed by atoms with Gasteiger partial charge < -0.3 is 19.5 Å². The highest BCUT2D eigenvalue weighted by molar-refractivity contribution is 6.32. The standard InChI is InChI=1S/C15H20ClNO4/c1-19-9-10-21-14-12(16)3-2-4-13(14)17-15(18)11-5-7-20-8-6-11/h2-4,11H,5-10H2,1H3,(H,17,18). The first kappa shape index (κ1) is 16.1. The fraction of sp³-hybridized carbons (Fsp3) is 0.533. The van der Waals surface area contributed by atoms with Crippen LogP contribution in [0.3, 0.4) is 0 Å². The van der Waals surface area contributed by atoms with Crippen molar-refractivity contribution in [3.05, 3.63) is 23.2 Å². The smallest absolute Gasteiger partial charge is 0.227 e. The summed E-state index contributed by atoms with van der Waals surface area (Å²) in [5.41, 5.74) is 0.593. The van der Waals surface area contributed by atoms with Crippen LogP contribution in [0.5, 0.6) is 5.75 Å². The van der Waals surface area contributed by atoms with E-state index >= 15 is 0 Å². The Morgan fingerprint density at radius 2 is 2.14 bits per heavy atom. The summed E-state index contributed by atoms with van der Waals surface area (Å²) in [6, 6.07) is 5.30. The van der Waals surface area contributed by atoms with E-state index in [1.807, 2.05) is 0 Å². The maximum Gasteiger partial charge on any atom is 0.227 e. The number of nitrogens with one attached hydrogen (secondary N) is 1. The maximum atomic E-state index is 12.3. The van der Waals surface area contributed by atoms with Crippen molar-refractivity contribution in [2.45, 2.75) is 12.8 Å². The zero-order chi connectivity index (χ0) is 15.1. The highest BCUT2D eigenvalue weighted by atomic mass is 35.5. The summed E-state index contributed by atoms with van der Waals surface area (Å²) in [7, 11) is 1.60. The number of para-hydroxylation sites is 1. The molecule has 1 heterocycles. The quantitative estimate of drug-likeness (QED) is 0.820. The number of carbonyl (C=O) groups excluding carboxylic acids is 1. The first-order valence-electron chi connectivity index (χ1n) is 7.01. The highest BCUT2D eigenvalue weighted by Crippen LogP contribution is 2.33. The molecule has 1 aromatic carbocycles. The van der Waals surface area contributed by atoms with Gasteiger partial charge in [-0.2, -0.15) is 0 Å². The summed E-state index contributed by atoms with van der Waals surface area (Å²) in [6.45, 7) is 2.09. The van der Waals surface area contributed by atoms with Crippen LogP contribution in [0.4, 0.5) is 5.69 Å². The van der Waals surface area contributed by atoms with E-state index in [0.717, 1.165) is 12.8 Å².